The van der Waals surface area contributed by atoms with Gasteiger partial charge in [0.05, 0.1) is 23.9 Å². The van der Waals surface area contributed by atoms with E-state index in [1.165, 1.54) is 18.4 Å². The highest BCUT2D eigenvalue weighted by molar-refractivity contribution is 14.0. The number of halogens is 2. The second kappa shape index (κ2) is 10.2. The first-order chi connectivity index (χ1) is 12.5. The van der Waals surface area contributed by atoms with E-state index in [9.17, 15) is 12.8 Å². The monoisotopic (exact) mass is 527 g/mol. The number of hydrogen-bond acceptors (Lipinski definition) is 4. The number of aliphatic imine (C=N–C) groups is 1. The summed E-state index contributed by atoms with van der Waals surface area (Å²) in [5, 5.41) is 3.24. The van der Waals surface area contributed by atoms with Crippen LogP contribution in [-0.4, -0.2) is 62.6 Å². The third-order valence-electron chi connectivity index (χ3n) is 4.75. The molecule has 0 radical (unpaired) electrons. The zero-order valence-electron chi connectivity index (χ0n) is 17.1. The van der Waals surface area contributed by atoms with Crippen molar-refractivity contribution in [1.82, 2.24) is 10.2 Å². The van der Waals surface area contributed by atoms with E-state index in [0.29, 0.717) is 25.6 Å². The summed E-state index contributed by atoms with van der Waals surface area (Å²) in [7, 11) is -3.23. The van der Waals surface area contributed by atoms with E-state index in [4.69, 9.17) is 4.74 Å². The van der Waals surface area contributed by atoms with Gasteiger partial charge in [0.25, 0.3) is 0 Å². The van der Waals surface area contributed by atoms with Crippen molar-refractivity contribution in [2.75, 3.05) is 32.4 Å². The highest BCUT2D eigenvalue weighted by atomic mass is 127. The van der Waals surface area contributed by atoms with Gasteiger partial charge in [-0.2, -0.15) is 0 Å². The lowest BCUT2D eigenvalue weighted by molar-refractivity contribution is -0.0605. The van der Waals surface area contributed by atoms with Crippen LogP contribution in [0.15, 0.2) is 29.3 Å². The molecule has 0 aromatic heterocycles. The van der Waals surface area contributed by atoms with Crippen molar-refractivity contribution in [3.63, 3.8) is 0 Å². The van der Waals surface area contributed by atoms with Crippen LogP contribution in [0, 0.1) is 5.82 Å². The molecule has 1 aliphatic heterocycles. The van der Waals surface area contributed by atoms with Crippen molar-refractivity contribution >= 4 is 39.8 Å². The number of sulfone groups is 1. The van der Waals surface area contributed by atoms with Gasteiger partial charge in [-0.1, -0.05) is 12.1 Å². The molecule has 28 heavy (non-hydrogen) atoms. The summed E-state index contributed by atoms with van der Waals surface area (Å²) >= 11 is 0. The molecule has 1 aliphatic rings. The number of rotatable bonds is 5. The zero-order chi connectivity index (χ0) is 20.2. The molecule has 0 bridgehead atoms. The smallest absolute Gasteiger partial charge is 0.194 e. The molecule has 1 N–H and O–H groups in total. The van der Waals surface area contributed by atoms with Gasteiger partial charge in [0.1, 0.15) is 11.9 Å². The summed E-state index contributed by atoms with van der Waals surface area (Å²) in [4.78, 5) is 6.66. The van der Waals surface area contributed by atoms with Gasteiger partial charge in [0.2, 0.25) is 0 Å². The summed E-state index contributed by atoms with van der Waals surface area (Å²) in [6.07, 6.45) is 0.985. The van der Waals surface area contributed by atoms with Crippen molar-refractivity contribution in [2.45, 2.75) is 44.6 Å². The number of ether oxygens (including phenoxy) is 1. The van der Waals surface area contributed by atoms with Crippen molar-refractivity contribution in [1.29, 1.82) is 0 Å². The number of hydrogen-bond donors (Lipinski definition) is 1. The average Bonchev–Trinajstić information content (AvgIpc) is 2.57. The molecule has 6 nitrogen and oxygen atoms in total. The third-order valence-corrected chi connectivity index (χ3v) is 6.89. The largest absolute Gasteiger partial charge is 0.367 e. The molecule has 0 amide bonds. The molecule has 1 saturated heterocycles. The fourth-order valence-corrected chi connectivity index (χ4v) is 3.09. The quantitative estimate of drug-likeness (QED) is 0.362. The number of benzene rings is 1. The fourth-order valence-electron chi connectivity index (χ4n) is 2.79. The van der Waals surface area contributed by atoms with E-state index in [1.807, 2.05) is 13.8 Å². The lowest BCUT2D eigenvalue weighted by Crippen LogP contribution is -2.51. The van der Waals surface area contributed by atoms with Gasteiger partial charge in [-0.25, -0.2) is 12.8 Å². The van der Waals surface area contributed by atoms with Crippen molar-refractivity contribution in [2.24, 2.45) is 4.99 Å². The van der Waals surface area contributed by atoms with Gasteiger partial charge in [-0.3, -0.25) is 4.99 Å². The summed E-state index contributed by atoms with van der Waals surface area (Å²) in [5.74, 6) is 0.383. The number of nitrogens with one attached hydrogen (secondary N) is 1. The molecule has 160 valence electrons. The van der Waals surface area contributed by atoms with E-state index < -0.39 is 14.6 Å². The number of guanidine groups is 1. The van der Waals surface area contributed by atoms with Gasteiger partial charge in [0.15, 0.2) is 15.8 Å². The Bertz CT molecular complexity index is 769. The third kappa shape index (κ3) is 6.55. The van der Waals surface area contributed by atoms with Crippen molar-refractivity contribution in [3.05, 3.63) is 35.6 Å². The molecular weight excluding hydrogens is 496 g/mol. The lowest BCUT2D eigenvalue weighted by Gasteiger charge is -2.39. The van der Waals surface area contributed by atoms with Crippen molar-refractivity contribution < 1.29 is 17.5 Å². The molecule has 2 unspecified atom stereocenters. The maximum Gasteiger partial charge on any atom is 0.194 e. The highest BCUT2D eigenvalue weighted by Gasteiger charge is 2.32. The Labute approximate surface area is 184 Å². The topological polar surface area (TPSA) is 71.0 Å². The minimum atomic E-state index is -3.23. The lowest BCUT2D eigenvalue weighted by atomic mass is 10.1. The maximum absolute atomic E-state index is 13.2. The number of nitrogens with zero attached hydrogens (tertiary/aromatic N) is 2. The predicted octanol–water partition coefficient (Wildman–Crippen LogP) is 2.99. The molecule has 1 aromatic rings. The molecular formula is C19H31FIN3O3S. The zero-order valence-corrected chi connectivity index (χ0v) is 20.3. The number of morpholine rings is 1. The summed E-state index contributed by atoms with van der Waals surface area (Å²) < 4.78 is 42.2. The maximum atomic E-state index is 13.2. The Morgan fingerprint density at radius 2 is 1.93 bits per heavy atom. The van der Waals surface area contributed by atoms with Crippen LogP contribution in [0.4, 0.5) is 4.39 Å². The Balaban J connectivity index is 0.00000392. The molecule has 0 aliphatic carbocycles. The van der Waals surface area contributed by atoms with Crippen LogP contribution in [0.2, 0.25) is 0 Å². The van der Waals surface area contributed by atoms with Gasteiger partial charge in [0, 0.05) is 19.3 Å². The van der Waals surface area contributed by atoms with Crippen molar-refractivity contribution in [3.8, 4) is 0 Å². The van der Waals surface area contributed by atoms with E-state index >= 15 is 0 Å². The second-order valence-electron chi connectivity index (χ2n) is 7.59. The van der Waals surface area contributed by atoms with Gasteiger partial charge in [-0.05, 0) is 45.4 Å². The van der Waals surface area contributed by atoms with Crippen LogP contribution in [0.25, 0.3) is 0 Å². The Kier molecular flexibility index (Phi) is 9.14. The molecule has 0 spiro atoms. The van der Waals surface area contributed by atoms with E-state index in [0.717, 1.165) is 5.56 Å². The predicted molar refractivity (Wildman–Crippen MR) is 122 cm³/mol. The first kappa shape index (κ1) is 25.1. The van der Waals surface area contributed by atoms with Crippen LogP contribution in [-0.2, 0) is 14.6 Å². The molecule has 2 rings (SSSR count). The van der Waals surface area contributed by atoms with E-state index in [2.05, 4.69) is 15.2 Å². The standard InChI is InChI=1S/C19H30FN3O3S.HI/c1-6-21-18(22-13-19(3,4)27(5,24)25)23-11-14(2)26-17(12-23)15-7-9-16(20)10-8-15;/h7-10,14,17H,6,11-13H2,1-5H3,(H,21,22);1H. The molecule has 1 aromatic carbocycles. The van der Waals surface area contributed by atoms with Crippen LogP contribution in [0.1, 0.15) is 39.4 Å². The van der Waals surface area contributed by atoms with Crippen LogP contribution in [0.3, 0.4) is 0 Å². The molecule has 1 heterocycles. The normalized spacial score (nSPS) is 21.2. The Hall–Kier alpha value is -0.940. The first-order valence-corrected chi connectivity index (χ1v) is 11.1. The molecule has 1 fully saturated rings. The SMILES string of the molecule is CCNC(=NCC(C)(C)S(C)(=O)=O)N1CC(C)OC(c2ccc(F)cc2)C1.I. The minimum Gasteiger partial charge on any atom is -0.367 e. The summed E-state index contributed by atoms with van der Waals surface area (Å²) in [5.41, 5.74) is 0.903. The van der Waals surface area contributed by atoms with E-state index in [1.54, 1.807) is 26.0 Å². The van der Waals surface area contributed by atoms with Gasteiger partial charge < -0.3 is 15.0 Å². The fraction of sp³-hybridized carbons (Fsp3) is 0.632. The molecule has 2 atom stereocenters. The first-order valence-electron chi connectivity index (χ1n) is 9.17. The average molecular weight is 527 g/mol. The minimum absolute atomic E-state index is 0. The molecule has 9 heteroatoms. The van der Waals surface area contributed by atoms with Gasteiger partial charge in [-0.15, -0.1) is 24.0 Å². The highest BCUT2D eigenvalue weighted by Crippen LogP contribution is 2.26. The van der Waals surface area contributed by atoms with Gasteiger partial charge >= 0.3 is 0 Å². The Morgan fingerprint density at radius 1 is 1.32 bits per heavy atom. The molecule has 0 saturated carbocycles. The van der Waals surface area contributed by atoms with Crippen LogP contribution >= 0.6 is 24.0 Å². The summed E-state index contributed by atoms with van der Waals surface area (Å²) in [6.45, 7) is 9.35. The van der Waals surface area contributed by atoms with Crippen LogP contribution < -0.4 is 5.32 Å². The summed E-state index contributed by atoms with van der Waals surface area (Å²) in [6, 6.07) is 6.31. The van der Waals surface area contributed by atoms with Crippen LogP contribution in [0.5, 0.6) is 0 Å². The van der Waals surface area contributed by atoms with E-state index in [-0.39, 0.29) is 48.5 Å². The second-order valence-corrected chi connectivity index (χ2v) is 10.2. The Morgan fingerprint density at radius 3 is 2.46 bits per heavy atom.